The van der Waals surface area contributed by atoms with Crippen LogP contribution in [-0.2, 0) is 5.60 Å². The Labute approximate surface area is 114 Å². The molecule has 0 bridgehead atoms. The Morgan fingerprint density at radius 3 is 2.10 bits per heavy atom. The molecule has 112 valence electrons. The van der Waals surface area contributed by atoms with Crippen LogP contribution in [0.25, 0.3) is 0 Å². The molecule has 0 amide bonds. The zero-order chi connectivity index (χ0) is 15.7. The molecule has 0 fully saturated rings. The maximum Gasteiger partial charge on any atom is 0.421 e. The smallest absolute Gasteiger partial charge is 0.376 e. The monoisotopic (exact) mass is 291 g/mol. The molecule has 7 heteroatoms. The number of halogens is 3. The summed E-state index contributed by atoms with van der Waals surface area (Å²) in [5.74, 6) is -1.75. The van der Waals surface area contributed by atoms with Crippen molar-refractivity contribution in [1.29, 1.82) is 0 Å². The number of rotatable bonds is 4. The van der Waals surface area contributed by atoms with Crippen LogP contribution in [0.2, 0.25) is 0 Å². The molecular weight excluding hydrogens is 275 g/mol. The summed E-state index contributed by atoms with van der Waals surface area (Å²) >= 11 is 0. The molecule has 0 heterocycles. The van der Waals surface area contributed by atoms with Crippen molar-refractivity contribution in [3.63, 3.8) is 0 Å². The van der Waals surface area contributed by atoms with E-state index in [9.17, 15) is 28.4 Å². The number of aliphatic hydroxyl groups is 1. The van der Waals surface area contributed by atoms with E-state index in [1.807, 2.05) is 0 Å². The molecular formula is C13H16F3NO3. The van der Waals surface area contributed by atoms with Crippen molar-refractivity contribution in [2.45, 2.75) is 32.5 Å². The maximum absolute atomic E-state index is 13.4. The van der Waals surface area contributed by atoms with E-state index in [-0.39, 0.29) is 0 Å². The molecule has 2 atom stereocenters. The van der Waals surface area contributed by atoms with Crippen molar-refractivity contribution < 1.29 is 23.2 Å². The maximum atomic E-state index is 13.4. The number of alkyl halides is 3. The van der Waals surface area contributed by atoms with Gasteiger partial charge >= 0.3 is 6.18 Å². The molecule has 1 aromatic rings. The lowest BCUT2D eigenvalue weighted by Crippen LogP contribution is -2.49. The van der Waals surface area contributed by atoms with E-state index < -0.39 is 39.8 Å². The lowest BCUT2D eigenvalue weighted by atomic mass is 9.75. The summed E-state index contributed by atoms with van der Waals surface area (Å²) in [5, 5.41) is 21.2. The largest absolute Gasteiger partial charge is 0.421 e. The molecule has 0 saturated carbocycles. The zero-order valence-corrected chi connectivity index (χ0v) is 11.3. The first-order chi connectivity index (χ1) is 9.03. The summed E-state index contributed by atoms with van der Waals surface area (Å²) in [6.45, 7) is 4.28. The number of nitrogens with zero attached hydrogens (tertiary/aromatic N) is 1. The van der Waals surface area contributed by atoms with Crippen LogP contribution in [0.15, 0.2) is 24.3 Å². The van der Waals surface area contributed by atoms with Crippen LogP contribution < -0.4 is 0 Å². The summed E-state index contributed by atoms with van der Waals surface area (Å²) in [6.07, 6.45) is -5.01. The fourth-order valence-electron chi connectivity index (χ4n) is 2.09. The number of hydrogen-bond acceptors (Lipinski definition) is 3. The van der Waals surface area contributed by atoms with E-state index >= 15 is 0 Å². The van der Waals surface area contributed by atoms with E-state index in [1.165, 1.54) is 32.9 Å². The second-order valence-corrected chi connectivity index (χ2v) is 5.07. The summed E-state index contributed by atoms with van der Waals surface area (Å²) in [6, 6.07) is 4.41. The van der Waals surface area contributed by atoms with Gasteiger partial charge in [0, 0.05) is 12.0 Å². The van der Waals surface area contributed by atoms with Crippen LogP contribution in [0, 0.1) is 22.0 Å². The Bertz CT molecular complexity index is 502. The van der Waals surface area contributed by atoms with Crippen LogP contribution in [0.3, 0.4) is 0 Å². The van der Waals surface area contributed by atoms with E-state index in [2.05, 4.69) is 0 Å². The van der Waals surface area contributed by atoms with Gasteiger partial charge in [0.2, 0.25) is 0 Å². The molecule has 0 aliphatic carbocycles. The van der Waals surface area contributed by atoms with Gasteiger partial charge in [-0.2, -0.15) is 13.2 Å². The molecule has 0 spiro atoms. The third-order valence-electron chi connectivity index (χ3n) is 3.60. The van der Waals surface area contributed by atoms with Crippen LogP contribution in [0.1, 0.15) is 26.3 Å². The lowest BCUT2D eigenvalue weighted by Gasteiger charge is -2.37. The standard InChI is InChI=1S/C13H16F3NO3/c1-8(2)9(3)12(18,13(14,15)16)10-6-4-5-7-11(10)17(19)20/h4-9,18H,1-3H3. The van der Waals surface area contributed by atoms with Crippen molar-refractivity contribution in [1.82, 2.24) is 0 Å². The van der Waals surface area contributed by atoms with Gasteiger partial charge in [-0.1, -0.05) is 32.9 Å². The Balaban J connectivity index is 3.60. The minimum atomic E-state index is -5.01. The highest BCUT2D eigenvalue weighted by Crippen LogP contribution is 2.49. The van der Waals surface area contributed by atoms with Crippen LogP contribution in [-0.4, -0.2) is 16.2 Å². The summed E-state index contributed by atoms with van der Waals surface area (Å²) < 4.78 is 40.1. The molecule has 0 saturated heterocycles. The van der Waals surface area contributed by atoms with Crippen LogP contribution >= 0.6 is 0 Å². The summed E-state index contributed by atoms with van der Waals surface area (Å²) in [5.41, 5.74) is -4.72. The number of nitro groups is 1. The first kappa shape index (κ1) is 16.4. The lowest BCUT2D eigenvalue weighted by molar-refractivity contribution is -0.389. The number of para-hydroxylation sites is 1. The predicted octanol–water partition coefficient (Wildman–Crippen LogP) is 3.64. The van der Waals surface area contributed by atoms with Crippen LogP contribution in [0.4, 0.5) is 18.9 Å². The van der Waals surface area contributed by atoms with Crippen molar-refractivity contribution in [3.05, 3.63) is 39.9 Å². The van der Waals surface area contributed by atoms with E-state index in [4.69, 9.17) is 0 Å². The molecule has 0 aliphatic heterocycles. The van der Waals surface area contributed by atoms with Gasteiger partial charge in [-0.25, -0.2) is 0 Å². The molecule has 1 aromatic carbocycles. The third kappa shape index (κ3) is 2.63. The van der Waals surface area contributed by atoms with Gasteiger partial charge < -0.3 is 5.11 Å². The first-order valence-electron chi connectivity index (χ1n) is 6.06. The average Bonchev–Trinajstić information content (AvgIpc) is 2.35. The minimum absolute atomic E-state index is 0.513. The van der Waals surface area contributed by atoms with Gasteiger partial charge in [0.25, 0.3) is 5.69 Å². The number of nitro benzene ring substituents is 1. The predicted molar refractivity (Wildman–Crippen MR) is 67.1 cm³/mol. The first-order valence-corrected chi connectivity index (χ1v) is 6.06. The van der Waals surface area contributed by atoms with Crippen molar-refractivity contribution in [2.75, 3.05) is 0 Å². The van der Waals surface area contributed by atoms with Gasteiger partial charge in [-0.15, -0.1) is 0 Å². The summed E-state index contributed by atoms with van der Waals surface area (Å²) in [4.78, 5) is 10.00. The van der Waals surface area contributed by atoms with Crippen molar-refractivity contribution in [3.8, 4) is 0 Å². The number of benzene rings is 1. The molecule has 2 unspecified atom stereocenters. The molecule has 1 N–H and O–H groups in total. The molecule has 0 aromatic heterocycles. The zero-order valence-electron chi connectivity index (χ0n) is 11.3. The third-order valence-corrected chi connectivity index (χ3v) is 3.60. The van der Waals surface area contributed by atoms with Gasteiger partial charge in [-0.3, -0.25) is 10.1 Å². The quantitative estimate of drug-likeness (QED) is 0.680. The Morgan fingerprint density at radius 2 is 1.70 bits per heavy atom. The van der Waals surface area contributed by atoms with E-state index in [0.717, 1.165) is 12.1 Å². The SMILES string of the molecule is CC(C)C(C)C(O)(c1ccccc1[N+](=O)[O-])C(F)(F)F. The fraction of sp³-hybridized carbons (Fsp3) is 0.538. The van der Waals surface area contributed by atoms with E-state index in [1.54, 1.807) is 0 Å². The Hall–Kier alpha value is -1.63. The highest BCUT2D eigenvalue weighted by atomic mass is 19.4. The summed E-state index contributed by atoms with van der Waals surface area (Å²) in [7, 11) is 0. The molecule has 20 heavy (non-hydrogen) atoms. The number of hydrogen-bond donors (Lipinski definition) is 1. The van der Waals surface area contributed by atoms with Gasteiger partial charge in [-0.05, 0) is 12.0 Å². The minimum Gasteiger partial charge on any atom is -0.376 e. The van der Waals surface area contributed by atoms with Gasteiger partial charge in [0.15, 0.2) is 5.60 Å². The molecule has 1 rings (SSSR count). The van der Waals surface area contributed by atoms with Crippen LogP contribution in [0.5, 0.6) is 0 Å². The average molecular weight is 291 g/mol. The highest BCUT2D eigenvalue weighted by Gasteiger charge is 2.60. The van der Waals surface area contributed by atoms with Crippen molar-refractivity contribution >= 4 is 5.69 Å². The van der Waals surface area contributed by atoms with Crippen molar-refractivity contribution in [2.24, 2.45) is 11.8 Å². The second kappa shape index (κ2) is 5.40. The Morgan fingerprint density at radius 1 is 1.20 bits per heavy atom. The fourth-order valence-corrected chi connectivity index (χ4v) is 2.09. The molecule has 0 aliphatic rings. The Kier molecular flexibility index (Phi) is 4.43. The topological polar surface area (TPSA) is 63.4 Å². The van der Waals surface area contributed by atoms with E-state index in [0.29, 0.717) is 0 Å². The normalized spacial score (nSPS) is 16.8. The molecule has 4 nitrogen and oxygen atoms in total. The second-order valence-electron chi connectivity index (χ2n) is 5.07. The van der Waals surface area contributed by atoms with Gasteiger partial charge in [0.1, 0.15) is 0 Å². The highest BCUT2D eigenvalue weighted by molar-refractivity contribution is 5.45. The van der Waals surface area contributed by atoms with Gasteiger partial charge in [0.05, 0.1) is 10.5 Å². The molecule has 0 radical (unpaired) electrons.